The molecule has 1 atom stereocenters. The quantitative estimate of drug-likeness (QED) is 0.673. The summed E-state index contributed by atoms with van der Waals surface area (Å²) in [6.07, 6.45) is 4.41. The number of rotatable bonds is 8. The van der Waals surface area contributed by atoms with Crippen molar-refractivity contribution in [3.63, 3.8) is 0 Å². The number of hydrogen-bond acceptors (Lipinski definition) is 5. The van der Waals surface area contributed by atoms with Crippen LogP contribution in [0.2, 0.25) is 0 Å². The highest BCUT2D eigenvalue weighted by Crippen LogP contribution is 2.11. The van der Waals surface area contributed by atoms with E-state index < -0.39 is 0 Å². The summed E-state index contributed by atoms with van der Waals surface area (Å²) in [5, 5.41) is 4.16. The fourth-order valence-corrected chi connectivity index (χ4v) is 1.94. The second-order valence-corrected chi connectivity index (χ2v) is 4.46. The lowest BCUT2D eigenvalue weighted by Gasteiger charge is -2.29. The SMILES string of the molecule is COC(CC(CN)N(C)Cc1cnn(C)c1)OC. The molecule has 0 bridgehead atoms. The molecule has 1 unspecified atom stereocenters. The second-order valence-electron chi connectivity index (χ2n) is 4.46. The number of likely N-dealkylation sites (N-methyl/N-ethyl adjacent to an activating group) is 1. The highest BCUT2D eigenvalue weighted by Gasteiger charge is 2.19. The summed E-state index contributed by atoms with van der Waals surface area (Å²) in [6.45, 7) is 1.38. The third kappa shape index (κ3) is 4.38. The first-order valence-corrected chi connectivity index (χ1v) is 6.04. The molecule has 6 nitrogen and oxygen atoms in total. The predicted molar refractivity (Wildman–Crippen MR) is 69.9 cm³/mol. The molecular formula is C12H24N4O2. The molecule has 0 fully saturated rings. The maximum Gasteiger partial charge on any atom is 0.158 e. The molecule has 0 spiro atoms. The number of aromatic nitrogens is 2. The number of nitrogens with zero attached hydrogens (tertiary/aromatic N) is 3. The molecule has 0 saturated heterocycles. The van der Waals surface area contributed by atoms with Crippen molar-refractivity contribution in [2.24, 2.45) is 12.8 Å². The van der Waals surface area contributed by atoms with E-state index in [4.69, 9.17) is 15.2 Å². The van der Waals surface area contributed by atoms with Crippen LogP contribution in [-0.4, -0.2) is 54.8 Å². The molecule has 1 heterocycles. The minimum absolute atomic E-state index is 0.213. The van der Waals surface area contributed by atoms with Gasteiger partial charge in [0.2, 0.25) is 0 Å². The lowest BCUT2D eigenvalue weighted by atomic mass is 10.1. The molecule has 1 aromatic heterocycles. The molecular weight excluding hydrogens is 232 g/mol. The van der Waals surface area contributed by atoms with Gasteiger partial charge in [0.1, 0.15) is 0 Å². The zero-order chi connectivity index (χ0) is 13.5. The van der Waals surface area contributed by atoms with E-state index in [-0.39, 0.29) is 12.3 Å². The van der Waals surface area contributed by atoms with Crippen LogP contribution >= 0.6 is 0 Å². The third-order valence-electron chi connectivity index (χ3n) is 3.08. The molecule has 6 heteroatoms. The standard InChI is InChI=1S/C12H24N4O2/c1-15(8-10-7-14-16(2)9-10)11(6-13)5-12(17-3)18-4/h7,9,11-12H,5-6,8,13H2,1-4H3. The zero-order valence-corrected chi connectivity index (χ0v) is 11.7. The van der Waals surface area contributed by atoms with Crippen LogP contribution in [0.1, 0.15) is 12.0 Å². The smallest absolute Gasteiger partial charge is 0.158 e. The topological polar surface area (TPSA) is 65.5 Å². The molecule has 18 heavy (non-hydrogen) atoms. The minimum atomic E-state index is -0.213. The van der Waals surface area contributed by atoms with Crippen molar-refractivity contribution in [3.8, 4) is 0 Å². The number of hydrogen-bond donors (Lipinski definition) is 1. The summed E-state index contributed by atoms with van der Waals surface area (Å²) in [4.78, 5) is 2.20. The molecule has 0 aromatic carbocycles. The summed E-state index contributed by atoms with van der Waals surface area (Å²) in [5.41, 5.74) is 6.99. The van der Waals surface area contributed by atoms with Gasteiger partial charge < -0.3 is 15.2 Å². The van der Waals surface area contributed by atoms with Crippen LogP contribution in [0.25, 0.3) is 0 Å². The third-order valence-corrected chi connectivity index (χ3v) is 3.08. The van der Waals surface area contributed by atoms with Gasteiger partial charge in [0.05, 0.1) is 6.20 Å². The Bertz CT molecular complexity index is 339. The summed E-state index contributed by atoms with van der Waals surface area (Å²) in [7, 11) is 7.24. The summed E-state index contributed by atoms with van der Waals surface area (Å²) >= 11 is 0. The van der Waals surface area contributed by atoms with E-state index in [2.05, 4.69) is 10.00 Å². The van der Waals surface area contributed by atoms with Gasteiger partial charge >= 0.3 is 0 Å². The van der Waals surface area contributed by atoms with Crippen LogP contribution in [0, 0.1) is 0 Å². The average Bonchev–Trinajstić information content (AvgIpc) is 2.76. The molecule has 0 amide bonds. The van der Waals surface area contributed by atoms with Gasteiger partial charge in [-0.15, -0.1) is 0 Å². The van der Waals surface area contributed by atoms with E-state index in [1.807, 2.05) is 26.5 Å². The zero-order valence-electron chi connectivity index (χ0n) is 11.7. The normalized spacial score (nSPS) is 13.5. The van der Waals surface area contributed by atoms with E-state index in [1.165, 1.54) is 5.56 Å². The highest BCUT2D eigenvalue weighted by atomic mass is 16.7. The van der Waals surface area contributed by atoms with Gasteiger partial charge in [-0.1, -0.05) is 0 Å². The molecule has 0 saturated carbocycles. The Kier molecular flexibility index (Phi) is 6.28. The molecule has 0 aliphatic rings. The predicted octanol–water partition coefficient (Wildman–Crippen LogP) is 0.188. The number of nitrogens with two attached hydrogens (primary N) is 1. The monoisotopic (exact) mass is 256 g/mol. The fourth-order valence-electron chi connectivity index (χ4n) is 1.94. The van der Waals surface area contributed by atoms with Crippen molar-refractivity contribution in [1.82, 2.24) is 14.7 Å². The number of ether oxygens (including phenoxy) is 2. The number of aryl methyl sites for hydroxylation is 1. The average molecular weight is 256 g/mol. The Labute approximate surface area is 109 Å². The molecule has 104 valence electrons. The van der Waals surface area contributed by atoms with Gasteiger partial charge in [-0.25, -0.2) is 0 Å². The van der Waals surface area contributed by atoms with Crippen molar-refractivity contribution in [2.75, 3.05) is 27.8 Å². The molecule has 0 radical (unpaired) electrons. The first-order chi connectivity index (χ1) is 8.60. The fraction of sp³-hybridized carbons (Fsp3) is 0.750. The maximum absolute atomic E-state index is 5.82. The van der Waals surface area contributed by atoms with Crippen LogP contribution in [0.15, 0.2) is 12.4 Å². The van der Waals surface area contributed by atoms with Crippen molar-refractivity contribution in [2.45, 2.75) is 25.3 Å². The van der Waals surface area contributed by atoms with Crippen LogP contribution in [-0.2, 0) is 23.1 Å². The van der Waals surface area contributed by atoms with Crippen LogP contribution < -0.4 is 5.73 Å². The van der Waals surface area contributed by atoms with Crippen molar-refractivity contribution in [3.05, 3.63) is 18.0 Å². The van der Waals surface area contributed by atoms with E-state index in [0.717, 1.165) is 13.0 Å². The molecule has 1 rings (SSSR count). The van der Waals surface area contributed by atoms with E-state index in [1.54, 1.807) is 18.9 Å². The van der Waals surface area contributed by atoms with Crippen LogP contribution in [0.5, 0.6) is 0 Å². The van der Waals surface area contributed by atoms with Gasteiger partial charge in [0.25, 0.3) is 0 Å². The Balaban J connectivity index is 2.53. The molecule has 0 aliphatic carbocycles. The van der Waals surface area contributed by atoms with Crippen LogP contribution in [0.3, 0.4) is 0 Å². The first kappa shape index (κ1) is 15.1. The maximum atomic E-state index is 5.82. The van der Waals surface area contributed by atoms with Gasteiger partial charge in [-0.2, -0.15) is 5.10 Å². The lowest BCUT2D eigenvalue weighted by molar-refractivity contribution is -0.116. The molecule has 1 aromatic rings. The van der Waals surface area contributed by atoms with E-state index in [0.29, 0.717) is 6.54 Å². The second kappa shape index (κ2) is 7.48. The van der Waals surface area contributed by atoms with E-state index >= 15 is 0 Å². The summed E-state index contributed by atoms with van der Waals surface area (Å²) < 4.78 is 12.2. The Morgan fingerprint density at radius 2 is 2.11 bits per heavy atom. The Hall–Kier alpha value is -0.950. The number of methoxy groups -OCH3 is 2. The summed E-state index contributed by atoms with van der Waals surface area (Å²) in [6, 6.07) is 0.218. The highest BCUT2D eigenvalue weighted by molar-refractivity contribution is 5.03. The lowest BCUT2D eigenvalue weighted by Crippen LogP contribution is -2.40. The van der Waals surface area contributed by atoms with Crippen LogP contribution in [0.4, 0.5) is 0 Å². The van der Waals surface area contributed by atoms with Gasteiger partial charge in [-0.3, -0.25) is 9.58 Å². The first-order valence-electron chi connectivity index (χ1n) is 6.04. The van der Waals surface area contributed by atoms with Crippen molar-refractivity contribution in [1.29, 1.82) is 0 Å². The van der Waals surface area contributed by atoms with Gasteiger partial charge in [0.15, 0.2) is 6.29 Å². The largest absolute Gasteiger partial charge is 0.356 e. The summed E-state index contributed by atoms with van der Waals surface area (Å²) in [5.74, 6) is 0. The minimum Gasteiger partial charge on any atom is -0.356 e. The molecule has 2 N–H and O–H groups in total. The van der Waals surface area contributed by atoms with Crippen molar-refractivity contribution < 1.29 is 9.47 Å². The Morgan fingerprint density at radius 3 is 2.56 bits per heavy atom. The van der Waals surface area contributed by atoms with Gasteiger partial charge in [-0.05, 0) is 7.05 Å². The van der Waals surface area contributed by atoms with Crippen molar-refractivity contribution >= 4 is 0 Å². The van der Waals surface area contributed by atoms with Gasteiger partial charge in [0, 0.05) is 58.6 Å². The molecule has 0 aliphatic heterocycles. The Morgan fingerprint density at radius 1 is 1.44 bits per heavy atom. The van der Waals surface area contributed by atoms with E-state index in [9.17, 15) is 0 Å².